The van der Waals surface area contributed by atoms with Crippen LogP contribution in [-0.4, -0.2) is 34.8 Å². The van der Waals surface area contributed by atoms with Gasteiger partial charge in [-0.05, 0) is 24.3 Å². The van der Waals surface area contributed by atoms with E-state index >= 15 is 0 Å². The second-order valence-electron chi connectivity index (χ2n) is 4.16. The van der Waals surface area contributed by atoms with Crippen molar-refractivity contribution in [2.45, 2.75) is 0 Å². The third-order valence-electron chi connectivity index (χ3n) is 2.58. The van der Waals surface area contributed by atoms with Gasteiger partial charge in [0.25, 0.3) is 5.91 Å². The maximum atomic E-state index is 11.8. The topological polar surface area (TPSA) is 101 Å². The molecule has 2 N–H and O–H groups in total. The molecule has 0 aliphatic rings. The predicted octanol–water partition coefficient (Wildman–Crippen LogP) is 1.31. The molecule has 0 fully saturated rings. The molecule has 0 aliphatic heterocycles. The minimum absolute atomic E-state index is 0.367. The lowest BCUT2D eigenvalue weighted by Gasteiger charge is -2.06. The number of amides is 1. The highest BCUT2D eigenvalue weighted by Crippen LogP contribution is 2.15. The maximum absolute atomic E-state index is 11.8. The van der Waals surface area contributed by atoms with E-state index in [1.807, 2.05) is 0 Å². The number of carbonyl (C=O) groups is 2. The molecule has 0 unspecified atom stereocenters. The molecular formula is C15H13N3O4. The van der Waals surface area contributed by atoms with Gasteiger partial charge in [-0.3, -0.25) is 9.78 Å². The van der Waals surface area contributed by atoms with Crippen LogP contribution in [0.1, 0.15) is 15.9 Å². The van der Waals surface area contributed by atoms with Crippen molar-refractivity contribution in [1.82, 2.24) is 10.4 Å². The predicted molar refractivity (Wildman–Crippen MR) is 78.9 cm³/mol. The summed E-state index contributed by atoms with van der Waals surface area (Å²) in [5.41, 5.74) is 3.36. The Kier molecular flexibility index (Phi) is 5.20. The van der Waals surface area contributed by atoms with Crippen LogP contribution in [0, 0.1) is 0 Å². The third-order valence-corrected chi connectivity index (χ3v) is 2.58. The van der Waals surface area contributed by atoms with Gasteiger partial charge in [-0.2, -0.15) is 5.10 Å². The Labute approximate surface area is 126 Å². The SMILES string of the molecule is O=C(O)COc1ccccc1/C=N\NC(=O)c1ccncc1. The number of aromatic nitrogens is 1. The van der Waals surface area contributed by atoms with Gasteiger partial charge < -0.3 is 9.84 Å². The second-order valence-corrected chi connectivity index (χ2v) is 4.16. The molecule has 0 atom stereocenters. The smallest absolute Gasteiger partial charge is 0.341 e. The van der Waals surface area contributed by atoms with E-state index in [1.54, 1.807) is 36.4 Å². The van der Waals surface area contributed by atoms with E-state index in [9.17, 15) is 9.59 Å². The summed E-state index contributed by atoms with van der Waals surface area (Å²) in [6, 6.07) is 9.90. The summed E-state index contributed by atoms with van der Waals surface area (Å²) in [5.74, 6) is -1.08. The van der Waals surface area contributed by atoms with E-state index in [0.717, 1.165) is 0 Å². The van der Waals surface area contributed by atoms with E-state index in [2.05, 4.69) is 15.5 Å². The Bertz CT molecular complexity index is 686. The second kappa shape index (κ2) is 7.53. The molecular weight excluding hydrogens is 286 g/mol. The van der Waals surface area contributed by atoms with Crippen LogP contribution in [0.25, 0.3) is 0 Å². The van der Waals surface area contributed by atoms with Crippen LogP contribution >= 0.6 is 0 Å². The zero-order valence-corrected chi connectivity index (χ0v) is 11.5. The van der Waals surface area contributed by atoms with Gasteiger partial charge in [0.1, 0.15) is 5.75 Å². The average Bonchev–Trinajstić information content (AvgIpc) is 2.54. The van der Waals surface area contributed by atoms with Crippen molar-refractivity contribution in [3.63, 3.8) is 0 Å². The van der Waals surface area contributed by atoms with Gasteiger partial charge >= 0.3 is 5.97 Å². The molecule has 0 spiro atoms. The monoisotopic (exact) mass is 299 g/mol. The molecule has 1 heterocycles. The van der Waals surface area contributed by atoms with Crippen LogP contribution in [-0.2, 0) is 4.79 Å². The molecule has 22 heavy (non-hydrogen) atoms. The molecule has 0 radical (unpaired) electrons. The number of nitrogens with one attached hydrogen (secondary N) is 1. The maximum Gasteiger partial charge on any atom is 0.341 e. The molecule has 0 saturated carbocycles. The van der Waals surface area contributed by atoms with Gasteiger partial charge in [-0.25, -0.2) is 10.2 Å². The van der Waals surface area contributed by atoms with E-state index in [1.165, 1.54) is 18.6 Å². The van der Waals surface area contributed by atoms with E-state index in [4.69, 9.17) is 9.84 Å². The normalized spacial score (nSPS) is 10.4. The Morgan fingerprint density at radius 3 is 2.68 bits per heavy atom. The Morgan fingerprint density at radius 1 is 1.23 bits per heavy atom. The standard InChI is InChI=1S/C15H13N3O4/c19-14(20)10-22-13-4-2-1-3-12(13)9-17-18-15(21)11-5-7-16-8-6-11/h1-9H,10H2,(H,18,21)(H,19,20)/b17-9-. The number of nitrogens with zero attached hydrogens (tertiary/aromatic N) is 2. The van der Waals surface area contributed by atoms with Crippen LogP contribution in [0.4, 0.5) is 0 Å². The zero-order valence-electron chi connectivity index (χ0n) is 11.5. The number of hydrogen-bond donors (Lipinski definition) is 2. The number of aliphatic carboxylic acids is 1. The number of ether oxygens (including phenoxy) is 1. The van der Waals surface area contributed by atoms with Gasteiger partial charge in [-0.15, -0.1) is 0 Å². The van der Waals surface area contributed by atoms with Crippen molar-refractivity contribution in [3.05, 3.63) is 59.9 Å². The first-order valence-electron chi connectivity index (χ1n) is 6.34. The van der Waals surface area contributed by atoms with Crippen molar-refractivity contribution in [3.8, 4) is 5.75 Å². The summed E-state index contributed by atoms with van der Waals surface area (Å²) in [5, 5.41) is 12.5. The molecule has 7 nitrogen and oxygen atoms in total. The lowest BCUT2D eigenvalue weighted by atomic mass is 10.2. The molecule has 1 amide bonds. The highest BCUT2D eigenvalue weighted by Gasteiger charge is 2.05. The summed E-state index contributed by atoms with van der Waals surface area (Å²) >= 11 is 0. The van der Waals surface area contributed by atoms with Crippen LogP contribution in [0.3, 0.4) is 0 Å². The summed E-state index contributed by atoms with van der Waals surface area (Å²) in [6.45, 7) is -0.450. The van der Waals surface area contributed by atoms with Crippen molar-refractivity contribution < 1.29 is 19.4 Å². The Balaban J connectivity index is 2.01. The van der Waals surface area contributed by atoms with Gasteiger partial charge in [0.2, 0.25) is 0 Å². The fraction of sp³-hybridized carbons (Fsp3) is 0.0667. The molecule has 0 saturated heterocycles. The minimum atomic E-state index is -1.07. The summed E-state index contributed by atoms with van der Waals surface area (Å²) in [7, 11) is 0. The third kappa shape index (κ3) is 4.41. The molecule has 7 heteroatoms. The minimum Gasteiger partial charge on any atom is -0.481 e. The highest BCUT2D eigenvalue weighted by atomic mass is 16.5. The van der Waals surface area contributed by atoms with Crippen LogP contribution in [0.2, 0.25) is 0 Å². The fourth-order valence-electron chi connectivity index (χ4n) is 1.59. The number of rotatable bonds is 6. The lowest BCUT2D eigenvalue weighted by molar-refractivity contribution is -0.139. The van der Waals surface area contributed by atoms with Crippen molar-refractivity contribution >= 4 is 18.1 Å². The lowest BCUT2D eigenvalue weighted by Crippen LogP contribution is -2.17. The quantitative estimate of drug-likeness (QED) is 0.618. The summed E-state index contributed by atoms with van der Waals surface area (Å²) in [6.07, 6.45) is 4.40. The number of hydrazone groups is 1. The Hall–Kier alpha value is -3.22. The first-order valence-corrected chi connectivity index (χ1v) is 6.34. The highest BCUT2D eigenvalue weighted by molar-refractivity contribution is 5.94. The summed E-state index contributed by atoms with van der Waals surface area (Å²) in [4.78, 5) is 26.1. The average molecular weight is 299 g/mol. The van der Waals surface area contributed by atoms with Gasteiger partial charge in [0.15, 0.2) is 6.61 Å². The first-order chi connectivity index (χ1) is 10.7. The van der Waals surface area contributed by atoms with Crippen molar-refractivity contribution in [1.29, 1.82) is 0 Å². The Morgan fingerprint density at radius 2 is 1.95 bits per heavy atom. The van der Waals surface area contributed by atoms with Crippen LogP contribution < -0.4 is 10.2 Å². The number of carboxylic acids is 1. The summed E-state index contributed by atoms with van der Waals surface area (Å²) < 4.78 is 5.13. The first kappa shape index (κ1) is 15.2. The van der Waals surface area contributed by atoms with Gasteiger partial charge in [0, 0.05) is 23.5 Å². The van der Waals surface area contributed by atoms with Gasteiger partial charge in [0.05, 0.1) is 6.21 Å². The number of benzene rings is 1. The molecule has 0 bridgehead atoms. The van der Waals surface area contributed by atoms with Crippen LogP contribution in [0.5, 0.6) is 5.75 Å². The molecule has 2 aromatic rings. The molecule has 2 rings (SSSR count). The zero-order chi connectivity index (χ0) is 15.8. The van der Waals surface area contributed by atoms with E-state index in [-0.39, 0.29) is 5.91 Å². The van der Waals surface area contributed by atoms with Crippen molar-refractivity contribution in [2.24, 2.45) is 5.10 Å². The molecule has 0 aliphatic carbocycles. The van der Waals surface area contributed by atoms with E-state index in [0.29, 0.717) is 16.9 Å². The van der Waals surface area contributed by atoms with Gasteiger partial charge in [-0.1, -0.05) is 12.1 Å². The fourth-order valence-corrected chi connectivity index (χ4v) is 1.59. The number of carbonyl (C=O) groups excluding carboxylic acids is 1. The molecule has 1 aromatic carbocycles. The largest absolute Gasteiger partial charge is 0.481 e. The number of para-hydroxylation sites is 1. The molecule has 112 valence electrons. The molecule has 1 aromatic heterocycles. The number of hydrogen-bond acceptors (Lipinski definition) is 5. The van der Waals surface area contributed by atoms with Crippen molar-refractivity contribution in [2.75, 3.05) is 6.61 Å². The number of carboxylic acid groups (broad SMARTS) is 1. The van der Waals surface area contributed by atoms with Crippen LogP contribution in [0.15, 0.2) is 53.9 Å². The van der Waals surface area contributed by atoms with E-state index < -0.39 is 12.6 Å². The number of pyridine rings is 1.